The summed E-state index contributed by atoms with van der Waals surface area (Å²) in [7, 11) is 0. The maximum Gasteiger partial charge on any atom is 0.119 e. The van der Waals surface area contributed by atoms with Gasteiger partial charge in [-0.1, -0.05) is 31.5 Å². The Kier molecular flexibility index (Phi) is 4.83. The monoisotopic (exact) mass is 207 g/mol. The van der Waals surface area contributed by atoms with E-state index in [4.69, 9.17) is 17.4 Å². The highest BCUT2D eigenvalue weighted by Crippen LogP contribution is 2.30. The molecule has 0 heterocycles. The standard InChI is InChI=1S/C7H13NS3/c8-11-7(9)10-6-4-2-1-3-5-6/h6H,1-5,8H2. The third kappa shape index (κ3) is 3.78. The fourth-order valence-electron chi connectivity index (χ4n) is 1.35. The molecule has 0 aromatic rings. The van der Waals surface area contributed by atoms with Gasteiger partial charge < -0.3 is 0 Å². The molecule has 0 spiro atoms. The number of thioether (sulfide) groups is 1. The summed E-state index contributed by atoms with van der Waals surface area (Å²) in [6.07, 6.45) is 6.79. The van der Waals surface area contributed by atoms with E-state index >= 15 is 0 Å². The minimum absolute atomic E-state index is 0.757. The molecular weight excluding hydrogens is 194 g/mol. The molecule has 1 rings (SSSR count). The van der Waals surface area contributed by atoms with E-state index in [1.807, 2.05) is 0 Å². The molecule has 1 aliphatic rings. The van der Waals surface area contributed by atoms with Crippen molar-refractivity contribution in [2.45, 2.75) is 37.4 Å². The van der Waals surface area contributed by atoms with Crippen molar-refractivity contribution in [2.24, 2.45) is 5.14 Å². The van der Waals surface area contributed by atoms with Crippen LogP contribution in [0.2, 0.25) is 0 Å². The molecule has 0 aliphatic heterocycles. The summed E-state index contributed by atoms with van der Waals surface area (Å²) < 4.78 is 0.900. The fraction of sp³-hybridized carbons (Fsp3) is 0.857. The molecular formula is C7H13NS3. The molecule has 0 unspecified atom stereocenters. The van der Waals surface area contributed by atoms with Crippen LogP contribution in [0.3, 0.4) is 0 Å². The van der Waals surface area contributed by atoms with E-state index in [1.54, 1.807) is 11.8 Å². The third-order valence-electron chi connectivity index (χ3n) is 1.91. The molecule has 0 amide bonds. The second kappa shape index (κ2) is 5.41. The molecule has 11 heavy (non-hydrogen) atoms. The van der Waals surface area contributed by atoms with E-state index in [0.29, 0.717) is 0 Å². The van der Waals surface area contributed by atoms with Crippen molar-refractivity contribution in [3.05, 3.63) is 0 Å². The lowest BCUT2D eigenvalue weighted by molar-refractivity contribution is 0.517. The smallest absolute Gasteiger partial charge is 0.119 e. The van der Waals surface area contributed by atoms with Gasteiger partial charge in [-0.25, -0.2) is 0 Å². The molecule has 0 radical (unpaired) electrons. The first kappa shape index (κ1) is 9.84. The third-order valence-corrected chi connectivity index (χ3v) is 4.26. The Morgan fingerprint density at radius 2 is 1.91 bits per heavy atom. The highest BCUT2D eigenvalue weighted by atomic mass is 32.2. The SMILES string of the molecule is NSC(=S)SC1CCCCC1. The van der Waals surface area contributed by atoms with Crippen LogP contribution >= 0.6 is 35.9 Å². The van der Waals surface area contributed by atoms with Gasteiger partial charge >= 0.3 is 0 Å². The molecule has 1 fully saturated rings. The Bertz CT molecular complexity index is 132. The first-order chi connectivity index (χ1) is 5.33. The molecule has 0 aromatic carbocycles. The largest absolute Gasteiger partial charge is 0.272 e. The summed E-state index contributed by atoms with van der Waals surface area (Å²) in [4.78, 5) is 0. The minimum Gasteiger partial charge on any atom is -0.272 e. The number of rotatable bonds is 1. The predicted molar refractivity (Wildman–Crippen MR) is 58.8 cm³/mol. The molecule has 0 atom stereocenters. The summed E-state index contributed by atoms with van der Waals surface area (Å²) in [5, 5.41) is 6.10. The van der Waals surface area contributed by atoms with Crippen LogP contribution in [0.25, 0.3) is 0 Å². The topological polar surface area (TPSA) is 26.0 Å². The van der Waals surface area contributed by atoms with Gasteiger partial charge in [0.1, 0.15) is 3.53 Å². The van der Waals surface area contributed by atoms with E-state index in [9.17, 15) is 0 Å². The Morgan fingerprint density at radius 3 is 2.45 bits per heavy atom. The van der Waals surface area contributed by atoms with Gasteiger partial charge in [-0.15, -0.1) is 11.8 Å². The van der Waals surface area contributed by atoms with Crippen molar-refractivity contribution in [3.8, 4) is 0 Å². The Labute approximate surface area is 82.0 Å². The summed E-state index contributed by atoms with van der Waals surface area (Å²) in [5.41, 5.74) is 0. The van der Waals surface area contributed by atoms with Crippen LogP contribution in [-0.4, -0.2) is 8.78 Å². The average Bonchev–Trinajstić information content (AvgIpc) is 2.06. The molecule has 0 aromatic heterocycles. The summed E-state index contributed by atoms with van der Waals surface area (Å²) in [6.45, 7) is 0. The van der Waals surface area contributed by atoms with Crippen LogP contribution in [0.5, 0.6) is 0 Å². The van der Waals surface area contributed by atoms with Gasteiger partial charge in [0, 0.05) is 5.25 Å². The molecule has 0 saturated heterocycles. The number of nitrogens with two attached hydrogens (primary N) is 1. The normalized spacial score (nSPS) is 20.1. The van der Waals surface area contributed by atoms with Crippen molar-refractivity contribution >= 4 is 39.5 Å². The van der Waals surface area contributed by atoms with Crippen molar-refractivity contribution in [3.63, 3.8) is 0 Å². The van der Waals surface area contributed by atoms with E-state index in [0.717, 1.165) is 8.78 Å². The Morgan fingerprint density at radius 1 is 1.27 bits per heavy atom. The lowest BCUT2D eigenvalue weighted by Crippen LogP contribution is -2.09. The molecule has 1 aliphatic carbocycles. The lowest BCUT2D eigenvalue weighted by Gasteiger charge is -2.20. The average molecular weight is 207 g/mol. The van der Waals surface area contributed by atoms with Gasteiger partial charge in [-0.2, -0.15) is 0 Å². The maximum absolute atomic E-state index is 5.34. The lowest BCUT2D eigenvalue weighted by atomic mass is 10.0. The molecule has 1 nitrogen and oxygen atoms in total. The molecule has 1 saturated carbocycles. The zero-order valence-corrected chi connectivity index (χ0v) is 8.86. The van der Waals surface area contributed by atoms with Gasteiger partial charge in [-0.05, 0) is 24.8 Å². The van der Waals surface area contributed by atoms with E-state index in [2.05, 4.69) is 0 Å². The van der Waals surface area contributed by atoms with Crippen LogP contribution in [0.1, 0.15) is 32.1 Å². The van der Waals surface area contributed by atoms with E-state index in [1.165, 1.54) is 44.1 Å². The highest BCUT2D eigenvalue weighted by molar-refractivity contribution is 8.46. The second-order valence-corrected chi connectivity index (χ2v) is 5.88. The first-order valence-corrected chi connectivity index (χ1v) is 6.07. The fourth-order valence-corrected chi connectivity index (χ4v) is 3.23. The first-order valence-electron chi connectivity index (χ1n) is 3.90. The van der Waals surface area contributed by atoms with E-state index in [-0.39, 0.29) is 0 Å². The van der Waals surface area contributed by atoms with Crippen LogP contribution in [0, 0.1) is 0 Å². The number of hydrogen-bond donors (Lipinski definition) is 1. The Hall–Kier alpha value is 0.750. The number of thiocarbonyl (C=S) groups is 1. The van der Waals surface area contributed by atoms with Crippen molar-refractivity contribution in [2.75, 3.05) is 0 Å². The molecule has 64 valence electrons. The van der Waals surface area contributed by atoms with Gasteiger partial charge in [0.25, 0.3) is 0 Å². The zero-order chi connectivity index (χ0) is 8.10. The van der Waals surface area contributed by atoms with Crippen molar-refractivity contribution in [1.82, 2.24) is 0 Å². The second-order valence-electron chi connectivity index (χ2n) is 2.75. The molecule has 0 bridgehead atoms. The van der Waals surface area contributed by atoms with Gasteiger partial charge in [0.2, 0.25) is 0 Å². The summed E-state index contributed by atoms with van der Waals surface area (Å²) in [6, 6.07) is 0. The van der Waals surface area contributed by atoms with Gasteiger partial charge in [0.05, 0.1) is 0 Å². The minimum atomic E-state index is 0.757. The summed E-state index contributed by atoms with van der Waals surface area (Å²) >= 11 is 8.04. The predicted octanol–water partition coefficient (Wildman–Crippen LogP) is 2.94. The Balaban J connectivity index is 2.19. The molecule has 2 N–H and O–H groups in total. The van der Waals surface area contributed by atoms with Crippen molar-refractivity contribution < 1.29 is 0 Å². The van der Waals surface area contributed by atoms with E-state index < -0.39 is 0 Å². The number of hydrogen-bond acceptors (Lipinski definition) is 4. The summed E-state index contributed by atoms with van der Waals surface area (Å²) in [5.74, 6) is 0. The van der Waals surface area contributed by atoms with Gasteiger partial charge in [-0.3, -0.25) is 5.14 Å². The maximum atomic E-state index is 5.34. The zero-order valence-electron chi connectivity index (χ0n) is 6.41. The quantitative estimate of drug-likeness (QED) is 0.528. The van der Waals surface area contributed by atoms with Crippen LogP contribution in [0.4, 0.5) is 0 Å². The molecule has 4 heteroatoms. The van der Waals surface area contributed by atoms with Gasteiger partial charge in [0.15, 0.2) is 0 Å². The van der Waals surface area contributed by atoms with Crippen LogP contribution in [-0.2, 0) is 0 Å². The van der Waals surface area contributed by atoms with Crippen LogP contribution < -0.4 is 5.14 Å². The van der Waals surface area contributed by atoms with Crippen molar-refractivity contribution in [1.29, 1.82) is 0 Å². The van der Waals surface area contributed by atoms with Crippen LogP contribution in [0.15, 0.2) is 0 Å². The highest BCUT2D eigenvalue weighted by Gasteiger charge is 2.15.